The van der Waals surface area contributed by atoms with Crippen LogP contribution in [0.4, 0.5) is 22.0 Å². The number of nitrogens with zero attached hydrogens (tertiary/aromatic N) is 3. The molecule has 1 heterocycles. The molecule has 1 aromatic heterocycles. The first-order chi connectivity index (χ1) is 9.20. The minimum absolute atomic E-state index is 0. The van der Waals surface area contributed by atoms with E-state index in [9.17, 15) is 22.0 Å². The molecule has 10 heteroatoms. The number of alkyl halides is 5. The third-order valence-corrected chi connectivity index (χ3v) is 2.52. The normalized spacial score (nSPS) is 11.6. The van der Waals surface area contributed by atoms with Crippen LogP contribution in [0.25, 0.3) is 11.0 Å². The third-order valence-electron chi connectivity index (χ3n) is 2.52. The van der Waals surface area contributed by atoms with Gasteiger partial charge in [-0.2, -0.15) is 32.5 Å². The summed E-state index contributed by atoms with van der Waals surface area (Å²) in [5.74, 6) is -6.73. The molecule has 0 fully saturated rings. The topological polar surface area (TPSA) is 76.3 Å². The Hall–Kier alpha value is -2.08. The van der Waals surface area contributed by atoms with Crippen LogP contribution in [0.1, 0.15) is 17.0 Å². The second-order valence-electron chi connectivity index (χ2n) is 3.80. The fraction of sp³-hybridized carbons (Fsp3) is 0.182. The van der Waals surface area contributed by atoms with Crippen molar-refractivity contribution in [2.45, 2.75) is 12.1 Å². The maximum atomic E-state index is 13.1. The Morgan fingerprint density at radius 2 is 1.52 bits per heavy atom. The first-order valence-electron chi connectivity index (χ1n) is 4.99. The van der Waals surface area contributed by atoms with Crippen molar-refractivity contribution in [1.29, 1.82) is 10.5 Å². The van der Waals surface area contributed by atoms with Crippen LogP contribution in [0.2, 0.25) is 0 Å². The molecule has 2 rings (SSSR count). The van der Waals surface area contributed by atoms with E-state index >= 15 is 0 Å². The van der Waals surface area contributed by atoms with Crippen molar-refractivity contribution < 1.29 is 22.0 Å². The van der Waals surface area contributed by atoms with Gasteiger partial charge >= 0.3 is 12.1 Å². The molecule has 0 bridgehead atoms. The third kappa shape index (κ3) is 2.71. The van der Waals surface area contributed by atoms with E-state index in [2.05, 4.69) is 4.98 Å². The Labute approximate surface area is 126 Å². The van der Waals surface area contributed by atoms with Gasteiger partial charge in [-0.15, -0.1) is 0 Å². The Kier molecular flexibility index (Phi) is 4.34. The summed E-state index contributed by atoms with van der Waals surface area (Å²) in [6.07, 6.45) is -5.79. The molecule has 0 saturated carbocycles. The molecule has 1 aromatic carbocycles. The van der Waals surface area contributed by atoms with Gasteiger partial charge < -0.3 is 4.98 Å². The van der Waals surface area contributed by atoms with E-state index in [-0.39, 0.29) is 41.0 Å². The van der Waals surface area contributed by atoms with Gasteiger partial charge in [0.1, 0.15) is 12.1 Å². The average molecular weight is 293 g/mol. The molecule has 0 spiro atoms. The van der Waals surface area contributed by atoms with E-state index in [1.54, 1.807) is 12.1 Å². The maximum absolute atomic E-state index is 13.1. The number of imidazole rings is 1. The molecule has 0 aliphatic carbocycles. The number of aromatic amines is 1. The Bertz CT molecular complexity index is 715. The summed E-state index contributed by atoms with van der Waals surface area (Å²) < 4.78 is 62.9. The smallest absolute Gasteiger partial charge is 0.337 e. The van der Waals surface area contributed by atoms with E-state index in [4.69, 9.17) is 10.5 Å². The number of aromatic nitrogens is 2. The largest absolute Gasteiger partial charge is 0.461 e. The van der Waals surface area contributed by atoms with E-state index in [0.29, 0.717) is 0 Å². The summed E-state index contributed by atoms with van der Waals surface area (Å²) in [5, 5.41) is 17.5. The van der Waals surface area contributed by atoms with Crippen molar-refractivity contribution in [3.8, 4) is 12.1 Å². The van der Waals surface area contributed by atoms with Gasteiger partial charge in [-0.05, 0) is 12.1 Å². The number of nitrogens with one attached hydrogen (secondary N) is 1. The number of halogens is 5. The van der Waals surface area contributed by atoms with Crippen LogP contribution in [0.15, 0.2) is 12.1 Å². The molecule has 0 aliphatic rings. The molecule has 21 heavy (non-hydrogen) atoms. The van der Waals surface area contributed by atoms with Crippen LogP contribution in [0.5, 0.6) is 0 Å². The molecule has 0 amide bonds. The zero-order chi connectivity index (χ0) is 15.1. The molecule has 0 aliphatic heterocycles. The number of fused-ring (bicyclic) bond motifs is 1. The van der Waals surface area contributed by atoms with E-state index < -0.39 is 17.9 Å². The molecule has 4 nitrogen and oxygen atoms in total. The van der Waals surface area contributed by atoms with Crippen LogP contribution in [0, 0.1) is 22.7 Å². The van der Waals surface area contributed by atoms with Crippen LogP contribution < -0.4 is 0 Å². The molecule has 0 unspecified atom stereocenters. The first kappa shape index (κ1) is 17.0. The number of nitriles is 2. The summed E-state index contributed by atoms with van der Waals surface area (Å²) in [7, 11) is 0. The predicted molar refractivity (Wildman–Crippen MR) is 61.2 cm³/mol. The summed E-state index contributed by atoms with van der Waals surface area (Å²) in [6, 6.07) is 5.24. The van der Waals surface area contributed by atoms with Gasteiger partial charge in [0, 0.05) is 18.9 Å². The molecular formula is C11H3F5LiN4. The quantitative estimate of drug-likeness (QED) is 0.648. The van der Waals surface area contributed by atoms with E-state index in [0.717, 1.165) is 12.1 Å². The van der Waals surface area contributed by atoms with Crippen molar-refractivity contribution in [2.24, 2.45) is 0 Å². The summed E-state index contributed by atoms with van der Waals surface area (Å²) in [5.41, 5.74) is -0.738. The van der Waals surface area contributed by atoms with Crippen LogP contribution in [-0.2, 0) is 5.92 Å². The van der Waals surface area contributed by atoms with Crippen molar-refractivity contribution in [3.05, 3.63) is 29.1 Å². The van der Waals surface area contributed by atoms with Crippen molar-refractivity contribution in [3.63, 3.8) is 0 Å². The van der Waals surface area contributed by atoms with Crippen LogP contribution in [-0.4, -0.2) is 35.0 Å². The summed E-state index contributed by atoms with van der Waals surface area (Å²) >= 11 is 0. The molecule has 103 valence electrons. The van der Waals surface area contributed by atoms with E-state index in [1.165, 1.54) is 0 Å². The molecule has 1 N–H and O–H groups in total. The standard InChI is InChI=1S/C11H3F5N4.Li/c12-10(13,11(14,15)16)9-19-7-1-5(3-17)6(4-18)2-8(7)20-9;/h1-2H,(H,19,20);. The van der Waals surface area contributed by atoms with Gasteiger partial charge in [0.15, 0.2) is 5.82 Å². The Balaban J connectivity index is 0.00000220. The molecule has 1 radical (unpaired) electrons. The van der Waals surface area contributed by atoms with Gasteiger partial charge in [-0.3, -0.25) is 0 Å². The zero-order valence-corrected chi connectivity index (χ0v) is 10.4. The predicted octanol–water partition coefficient (Wildman–Crippen LogP) is 2.58. The Morgan fingerprint density at radius 1 is 1.00 bits per heavy atom. The van der Waals surface area contributed by atoms with Crippen molar-refractivity contribution in [1.82, 2.24) is 9.97 Å². The van der Waals surface area contributed by atoms with Crippen LogP contribution in [0.3, 0.4) is 0 Å². The van der Waals surface area contributed by atoms with Gasteiger partial charge in [0.25, 0.3) is 0 Å². The Morgan fingerprint density at radius 3 is 2.00 bits per heavy atom. The van der Waals surface area contributed by atoms with Gasteiger partial charge in [-0.25, -0.2) is 4.98 Å². The van der Waals surface area contributed by atoms with Gasteiger partial charge in [0.2, 0.25) is 0 Å². The first-order valence-corrected chi connectivity index (χ1v) is 4.99. The van der Waals surface area contributed by atoms with Gasteiger partial charge in [0.05, 0.1) is 22.2 Å². The SMILES string of the molecule is N#Cc1cc2nc(C(F)(F)C(F)(F)F)[nH]c2cc1C#N.[Li]. The summed E-state index contributed by atoms with van der Waals surface area (Å²) in [4.78, 5) is 4.98. The van der Waals surface area contributed by atoms with Gasteiger partial charge in [-0.1, -0.05) is 0 Å². The maximum Gasteiger partial charge on any atom is 0.461 e. The van der Waals surface area contributed by atoms with Crippen molar-refractivity contribution >= 4 is 29.9 Å². The molecule has 0 saturated heterocycles. The monoisotopic (exact) mass is 293 g/mol. The average Bonchev–Trinajstić information content (AvgIpc) is 2.78. The zero-order valence-electron chi connectivity index (χ0n) is 10.4. The van der Waals surface area contributed by atoms with E-state index in [1.807, 2.05) is 4.98 Å². The van der Waals surface area contributed by atoms with Crippen molar-refractivity contribution in [2.75, 3.05) is 0 Å². The molecule has 0 atom stereocenters. The number of rotatable bonds is 1. The minimum atomic E-state index is -5.79. The fourth-order valence-corrected chi connectivity index (χ4v) is 1.52. The number of hydrogen-bond donors (Lipinski definition) is 1. The fourth-order valence-electron chi connectivity index (χ4n) is 1.52. The molecule has 2 aromatic rings. The number of H-pyrrole nitrogens is 1. The second kappa shape index (κ2) is 5.36. The summed E-state index contributed by atoms with van der Waals surface area (Å²) in [6.45, 7) is 0. The van der Waals surface area contributed by atoms with Crippen LogP contribution >= 0.6 is 0 Å². The second-order valence-corrected chi connectivity index (χ2v) is 3.80. The number of benzene rings is 1. The minimum Gasteiger partial charge on any atom is -0.337 e. The number of hydrogen-bond acceptors (Lipinski definition) is 3. The molecular weight excluding hydrogens is 290 g/mol.